The Morgan fingerprint density at radius 1 is 1.43 bits per heavy atom. The van der Waals surface area contributed by atoms with Gasteiger partial charge in [0.2, 0.25) is 0 Å². The van der Waals surface area contributed by atoms with E-state index in [4.69, 9.17) is 0 Å². The van der Waals surface area contributed by atoms with Crippen molar-refractivity contribution in [1.82, 2.24) is 0 Å². The van der Waals surface area contributed by atoms with E-state index in [1.807, 2.05) is 0 Å². The van der Waals surface area contributed by atoms with Gasteiger partial charge in [0.15, 0.2) is 17.3 Å². The maximum absolute atomic E-state index is 13.0. The molecule has 1 aromatic rings. The first-order chi connectivity index (χ1) is 6.44. The number of hydrogen-bond acceptors (Lipinski definition) is 4. The second-order valence-electron chi connectivity index (χ2n) is 2.35. The number of halogens is 1. The topological polar surface area (TPSA) is 78.6 Å². The van der Waals surface area contributed by atoms with Crippen LogP contribution >= 0.6 is 0 Å². The van der Waals surface area contributed by atoms with Crippen molar-refractivity contribution in [2.45, 2.75) is 0 Å². The molecule has 78 valence electrons. The van der Waals surface area contributed by atoms with Gasteiger partial charge in [-0.3, -0.25) is 0 Å². The number of nitrogens with two attached hydrogens (primary N) is 1. The van der Waals surface area contributed by atoms with Crippen molar-refractivity contribution in [1.29, 1.82) is 0 Å². The van der Waals surface area contributed by atoms with Gasteiger partial charge in [-0.1, -0.05) is 6.07 Å². The molecule has 0 fully saturated rings. The molecule has 0 bridgehead atoms. The molecular formula is C7H8FNO4S. The van der Waals surface area contributed by atoms with Gasteiger partial charge in [0.05, 0.1) is 7.11 Å². The highest BCUT2D eigenvalue weighted by atomic mass is 32.2. The molecule has 0 spiro atoms. The van der Waals surface area contributed by atoms with Gasteiger partial charge in [0, 0.05) is 0 Å². The summed E-state index contributed by atoms with van der Waals surface area (Å²) in [5, 5.41) is 4.61. The van der Waals surface area contributed by atoms with Crippen LogP contribution in [0.25, 0.3) is 0 Å². The molecule has 0 aliphatic carbocycles. The second kappa shape index (κ2) is 3.81. The summed E-state index contributed by atoms with van der Waals surface area (Å²) >= 11 is 0. The van der Waals surface area contributed by atoms with E-state index >= 15 is 0 Å². The minimum atomic E-state index is -4.17. The van der Waals surface area contributed by atoms with Gasteiger partial charge in [-0.15, -0.1) is 0 Å². The number of ether oxygens (including phenoxy) is 1. The van der Waals surface area contributed by atoms with E-state index in [0.29, 0.717) is 0 Å². The SMILES string of the molecule is COc1c(F)cccc1OS(N)(=O)=O. The minimum Gasteiger partial charge on any atom is -0.490 e. The molecule has 0 aliphatic heterocycles. The number of methoxy groups -OCH3 is 1. The lowest BCUT2D eigenvalue weighted by Crippen LogP contribution is -2.19. The van der Waals surface area contributed by atoms with Gasteiger partial charge >= 0.3 is 10.3 Å². The molecule has 0 aromatic heterocycles. The summed E-state index contributed by atoms with van der Waals surface area (Å²) in [6, 6.07) is 3.61. The Morgan fingerprint density at radius 2 is 2.07 bits per heavy atom. The van der Waals surface area contributed by atoms with Crippen LogP contribution in [0.15, 0.2) is 18.2 Å². The number of rotatable bonds is 3. The molecule has 1 aromatic carbocycles. The maximum Gasteiger partial charge on any atom is 0.380 e. The van der Waals surface area contributed by atoms with Crippen LogP contribution in [-0.4, -0.2) is 15.5 Å². The third-order valence-electron chi connectivity index (χ3n) is 1.34. The zero-order valence-electron chi connectivity index (χ0n) is 7.23. The van der Waals surface area contributed by atoms with E-state index in [0.717, 1.165) is 6.07 Å². The smallest absolute Gasteiger partial charge is 0.380 e. The normalized spacial score (nSPS) is 11.1. The molecule has 5 nitrogen and oxygen atoms in total. The molecule has 0 aliphatic rings. The summed E-state index contributed by atoms with van der Waals surface area (Å²) in [5.74, 6) is -1.31. The monoisotopic (exact) mass is 221 g/mol. The fourth-order valence-corrected chi connectivity index (χ4v) is 1.26. The molecule has 2 N–H and O–H groups in total. The van der Waals surface area contributed by atoms with Crippen LogP contribution in [0.3, 0.4) is 0 Å². The Hall–Kier alpha value is -1.34. The molecule has 0 atom stereocenters. The van der Waals surface area contributed by atoms with Gasteiger partial charge in [0.1, 0.15) is 0 Å². The Balaban J connectivity index is 3.15. The lowest BCUT2D eigenvalue weighted by atomic mass is 10.3. The molecule has 0 saturated carbocycles. The zero-order valence-corrected chi connectivity index (χ0v) is 8.05. The van der Waals surface area contributed by atoms with Crippen molar-refractivity contribution in [3.8, 4) is 11.5 Å². The van der Waals surface area contributed by atoms with Gasteiger partial charge < -0.3 is 8.92 Å². The Labute approximate surface area is 80.5 Å². The fraction of sp³-hybridized carbons (Fsp3) is 0.143. The average Bonchev–Trinajstić information content (AvgIpc) is 2.01. The van der Waals surface area contributed by atoms with Crippen LogP contribution < -0.4 is 14.1 Å². The molecule has 0 amide bonds. The first kappa shape index (κ1) is 10.7. The highest BCUT2D eigenvalue weighted by Crippen LogP contribution is 2.29. The predicted molar refractivity (Wildman–Crippen MR) is 46.7 cm³/mol. The molecule has 0 unspecified atom stereocenters. The van der Waals surface area contributed by atoms with Crippen LogP contribution in [0.1, 0.15) is 0 Å². The highest BCUT2D eigenvalue weighted by molar-refractivity contribution is 7.84. The number of para-hydroxylation sites is 1. The predicted octanol–water partition coefficient (Wildman–Crippen LogP) is 0.417. The first-order valence-electron chi connectivity index (χ1n) is 3.49. The summed E-state index contributed by atoms with van der Waals surface area (Å²) < 4.78 is 43.0. The summed E-state index contributed by atoms with van der Waals surface area (Å²) in [6.45, 7) is 0. The van der Waals surface area contributed by atoms with E-state index in [1.165, 1.54) is 19.2 Å². The largest absolute Gasteiger partial charge is 0.490 e. The highest BCUT2D eigenvalue weighted by Gasteiger charge is 2.14. The summed E-state index contributed by atoms with van der Waals surface area (Å²) in [5.41, 5.74) is 0. The van der Waals surface area contributed by atoms with Gasteiger partial charge in [-0.05, 0) is 12.1 Å². The van der Waals surface area contributed by atoms with Crippen LogP contribution in [0.4, 0.5) is 4.39 Å². The van der Waals surface area contributed by atoms with E-state index < -0.39 is 16.1 Å². The van der Waals surface area contributed by atoms with Crippen LogP contribution in [0.5, 0.6) is 11.5 Å². The van der Waals surface area contributed by atoms with Crippen molar-refractivity contribution >= 4 is 10.3 Å². The lowest BCUT2D eigenvalue weighted by Gasteiger charge is -2.07. The quantitative estimate of drug-likeness (QED) is 0.802. The van der Waals surface area contributed by atoms with Crippen LogP contribution in [-0.2, 0) is 10.3 Å². The molecule has 0 radical (unpaired) electrons. The Bertz CT molecular complexity index is 431. The van der Waals surface area contributed by atoms with Crippen molar-refractivity contribution in [2.75, 3.05) is 7.11 Å². The number of benzene rings is 1. The first-order valence-corrected chi connectivity index (χ1v) is 4.96. The Kier molecular flexibility index (Phi) is 2.92. The Morgan fingerprint density at radius 3 is 2.57 bits per heavy atom. The van der Waals surface area contributed by atoms with Crippen molar-refractivity contribution in [2.24, 2.45) is 5.14 Å². The van der Waals surface area contributed by atoms with Crippen LogP contribution in [0.2, 0.25) is 0 Å². The van der Waals surface area contributed by atoms with E-state index in [9.17, 15) is 12.8 Å². The van der Waals surface area contributed by atoms with Crippen molar-refractivity contribution < 1.29 is 21.7 Å². The number of hydrogen-bond donors (Lipinski definition) is 1. The molecule has 1 rings (SSSR count). The molecular weight excluding hydrogens is 213 g/mol. The summed E-state index contributed by atoms with van der Waals surface area (Å²) in [4.78, 5) is 0. The molecule has 7 heteroatoms. The van der Waals surface area contributed by atoms with Gasteiger partial charge in [-0.2, -0.15) is 13.6 Å². The van der Waals surface area contributed by atoms with Gasteiger partial charge in [-0.25, -0.2) is 4.39 Å². The standard InChI is InChI=1S/C7H8FNO4S/c1-12-7-5(8)3-2-4-6(7)13-14(9,10)11/h2-4H,1H3,(H2,9,10,11). The molecule has 0 saturated heterocycles. The second-order valence-corrected chi connectivity index (χ2v) is 3.50. The molecule has 14 heavy (non-hydrogen) atoms. The van der Waals surface area contributed by atoms with Crippen molar-refractivity contribution in [3.05, 3.63) is 24.0 Å². The lowest BCUT2D eigenvalue weighted by molar-refractivity contribution is 0.366. The third kappa shape index (κ3) is 2.57. The maximum atomic E-state index is 13.0. The van der Waals surface area contributed by atoms with Crippen LogP contribution in [0, 0.1) is 5.82 Å². The summed E-state index contributed by atoms with van der Waals surface area (Å²) in [7, 11) is -2.98. The zero-order chi connectivity index (χ0) is 10.8. The van der Waals surface area contributed by atoms with E-state index in [1.54, 1.807) is 0 Å². The summed E-state index contributed by atoms with van der Waals surface area (Å²) in [6.07, 6.45) is 0. The third-order valence-corrected chi connectivity index (χ3v) is 1.75. The molecule has 0 heterocycles. The average molecular weight is 221 g/mol. The van der Waals surface area contributed by atoms with E-state index in [2.05, 4.69) is 14.1 Å². The minimum absolute atomic E-state index is 0.282. The fourth-order valence-electron chi connectivity index (χ4n) is 0.878. The van der Waals surface area contributed by atoms with Crippen molar-refractivity contribution in [3.63, 3.8) is 0 Å². The van der Waals surface area contributed by atoms with Gasteiger partial charge in [0.25, 0.3) is 0 Å². The van der Waals surface area contributed by atoms with E-state index in [-0.39, 0.29) is 11.5 Å².